The zero-order valence-electron chi connectivity index (χ0n) is 19.4. The Hall–Kier alpha value is -3.41. The van der Waals surface area contributed by atoms with Crippen molar-refractivity contribution < 1.29 is 9.53 Å². The number of aryl methyl sites for hydroxylation is 2. The highest BCUT2D eigenvalue weighted by atomic mass is 16.5. The number of benzene rings is 2. The average Bonchev–Trinajstić information content (AvgIpc) is 2.78. The Kier molecular flexibility index (Phi) is 6.12. The van der Waals surface area contributed by atoms with Crippen LogP contribution in [0.2, 0.25) is 0 Å². The molecule has 166 valence electrons. The van der Waals surface area contributed by atoms with Crippen molar-refractivity contribution in [1.82, 2.24) is 14.9 Å². The van der Waals surface area contributed by atoms with Crippen molar-refractivity contribution in [2.24, 2.45) is 0 Å². The molecule has 0 spiro atoms. The van der Waals surface area contributed by atoms with Gasteiger partial charge in [0.15, 0.2) is 0 Å². The largest absolute Gasteiger partial charge is 0.496 e. The van der Waals surface area contributed by atoms with Gasteiger partial charge in [-0.2, -0.15) is 0 Å². The van der Waals surface area contributed by atoms with E-state index >= 15 is 0 Å². The van der Waals surface area contributed by atoms with Crippen LogP contribution in [0.4, 0.5) is 5.82 Å². The molecule has 3 aromatic rings. The summed E-state index contributed by atoms with van der Waals surface area (Å²) < 4.78 is 5.72. The van der Waals surface area contributed by atoms with Gasteiger partial charge in [-0.25, -0.2) is 9.97 Å². The fraction of sp³-hybridized carbons (Fsp3) is 0.346. The fourth-order valence-corrected chi connectivity index (χ4v) is 4.23. The number of aromatic nitrogens is 2. The van der Waals surface area contributed by atoms with Gasteiger partial charge in [0, 0.05) is 43.1 Å². The molecule has 0 fully saturated rings. The number of nitrogens with zero attached hydrogens (tertiary/aromatic N) is 3. The summed E-state index contributed by atoms with van der Waals surface area (Å²) in [4.78, 5) is 22.9. The van der Waals surface area contributed by atoms with E-state index in [1.54, 1.807) is 14.0 Å². The van der Waals surface area contributed by atoms with Crippen LogP contribution in [0, 0.1) is 13.8 Å². The van der Waals surface area contributed by atoms with Crippen molar-refractivity contribution >= 4 is 28.2 Å². The van der Waals surface area contributed by atoms with Crippen molar-refractivity contribution in [3.05, 3.63) is 65.0 Å². The topological polar surface area (TPSA) is 67.4 Å². The van der Waals surface area contributed by atoms with Crippen LogP contribution in [0.3, 0.4) is 0 Å². The number of fused-ring (bicyclic) bond motifs is 1. The van der Waals surface area contributed by atoms with Gasteiger partial charge in [-0.3, -0.25) is 4.79 Å². The summed E-state index contributed by atoms with van der Waals surface area (Å²) >= 11 is 0. The molecule has 1 amide bonds. The number of anilines is 1. The number of carbonyl (C=O) groups excluding carboxylic acids is 1. The molecular weight excluding hydrogens is 400 g/mol. The molecule has 6 heteroatoms. The van der Waals surface area contributed by atoms with Crippen molar-refractivity contribution in [2.75, 3.05) is 25.5 Å². The summed E-state index contributed by atoms with van der Waals surface area (Å²) in [5, 5.41) is 4.55. The Balaban J connectivity index is 1.75. The molecular formula is C26H30N4O2. The standard InChI is InChI=1S/C26H30N4O2/c1-16-7-6-8-21(13-16)17(2)27-26-23-14-22(20-9-11-30(12-10-20)19(4)31)25(32-5)15-24(23)28-18(3)29-26/h6-9,13-15,17H,10-12H2,1-5H3,(H,27,28,29)/t17-/m0/s1. The first kappa shape index (κ1) is 21.8. The number of amides is 1. The number of nitrogens with one attached hydrogen (secondary N) is 1. The molecule has 1 aromatic heterocycles. The maximum Gasteiger partial charge on any atom is 0.219 e. The summed E-state index contributed by atoms with van der Waals surface area (Å²) in [5.74, 6) is 2.41. The lowest BCUT2D eigenvalue weighted by Gasteiger charge is -2.26. The third-order valence-electron chi connectivity index (χ3n) is 6.02. The zero-order valence-corrected chi connectivity index (χ0v) is 19.4. The van der Waals surface area contributed by atoms with E-state index in [9.17, 15) is 4.79 Å². The van der Waals surface area contributed by atoms with Crippen LogP contribution in [0.5, 0.6) is 5.75 Å². The minimum Gasteiger partial charge on any atom is -0.496 e. The van der Waals surface area contributed by atoms with E-state index in [0.29, 0.717) is 18.9 Å². The molecule has 6 nitrogen and oxygen atoms in total. The van der Waals surface area contributed by atoms with Crippen LogP contribution in [-0.4, -0.2) is 41.0 Å². The summed E-state index contributed by atoms with van der Waals surface area (Å²) in [6, 6.07) is 12.7. The van der Waals surface area contributed by atoms with Gasteiger partial charge in [-0.05, 0) is 44.4 Å². The molecule has 0 saturated heterocycles. The lowest BCUT2D eigenvalue weighted by atomic mass is 9.96. The van der Waals surface area contributed by atoms with Gasteiger partial charge in [0.2, 0.25) is 5.91 Å². The molecule has 1 aliphatic heterocycles. The second-order valence-corrected chi connectivity index (χ2v) is 8.41. The highest BCUT2D eigenvalue weighted by Gasteiger charge is 2.20. The smallest absolute Gasteiger partial charge is 0.219 e. The van der Waals surface area contributed by atoms with E-state index in [1.165, 1.54) is 16.7 Å². The predicted octanol–water partition coefficient (Wildman–Crippen LogP) is 5.06. The van der Waals surface area contributed by atoms with E-state index in [-0.39, 0.29) is 11.9 Å². The van der Waals surface area contributed by atoms with E-state index in [4.69, 9.17) is 9.72 Å². The Morgan fingerprint density at radius 1 is 1.19 bits per heavy atom. The first-order valence-corrected chi connectivity index (χ1v) is 11.0. The van der Waals surface area contributed by atoms with Crippen LogP contribution < -0.4 is 10.1 Å². The van der Waals surface area contributed by atoms with Crippen molar-refractivity contribution in [3.63, 3.8) is 0 Å². The molecule has 0 bridgehead atoms. The molecule has 1 N–H and O–H groups in total. The van der Waals surface area contributed by atoms with Gasteiger partial charge in [0.25, 0.3) is 0 Å². The minimum absolute atomic E-state index is 0.0935. The summed E-state index contributed by atoms with van der Waals surface area (Å²) in [6.07, 6.45) is 2.91. The Morgan fingerprint density at radius 3 is 2.66 bits per heavy atom. The highest BCUT2D eigenvalue weighted by molar-refractivity contribution is 5.94. The number of ether oxygens (including phenoxy) is 1. The summed E-state index contributed by atoms with van der Waals surface area (Å²) in [7, 11) is 1.68. The van der Waals surface area contributed by atoms with Crippen molar-refractivity contribution in [1.29, 1.82) is 0 Å². The third kappa shape index (κ3) is 4.44. The van der Waals surface area contributed by atoms with E-state index in [0.717, 1.165) is 34.5 Å². The number of hydrogen-bond donors (Lipinski definition) is 1. The van der Waals surface area contributed by atoms with E-state index < -0.39 is 0 Å². The van der Waals surface area contributed by atoms with Gasteiger partial charge in [0.05, 0.1) is 12.6 Å². The number of carbonyl (C=O) groups is 1. The SMILES string of the molecule is COc1cc2nc(C)nc(N[C@@H](C)c3cccc(C)c3)c2cc1C1=CCN(C(C)=O)CC1. The number of hydrogen-bond acceptors (Lipinski definition) is 5. The van der Waals surface area contributed by atoms with Crippen LogP contribution in [0.1, 0.15) is 48.8 Å². The molecule has 0 saturated carbocycles. The quantitative estimate of drug-likeness (QED) is 0.613. The molecule has 0 aliphatic carbocycles. The zero-order chi connectivity index (χ0) is 22.8. The molecule has 2 aromatic carbocycles. The summed E-state index contributed by atoms with van der Waals surface area (Å²) in [6.45, 7) is 9.09. The molecule has 0 radical (unpaired) electrons. The van der Waals surface area contributed by atoms with Gasteiger partial charge < -0.3 is 15.0 Å². The maximum atomic E-state index is 11.7. The van der Waals surface area contributed by atoms with Gasteiger partial charge in [-0.1, -0.05) is 35.9 Å². The summed E-state index contributed by atoms with van der Waals surface area (Å²) in [5.41, 5.74) is 5.50. The first-order valence-electron chi connectivity index (χ1n) is 11.0. The predicted molar refractivity (Wildman–Crippen MR) is 129 cm³/mol. The van der Waals surface area contributed by atoms with Gasteiger partial charge in [-0.15, -0.1) is 0 Å². The van der Waals surface area contributed by atoms with Crippen LogP contribution in [0.25, 0.3) is 16.5 Å². The highest BCUT2D eigenvalue weighted by Crippen LogP contribution is 2.36. The Bertz CT molecular complexity index is 1200. The fourth-order valence-electron chi connectivity index (χ4n) is 4.23. The molecule has 1 atom stereocenters. The lowest BCUT2D eigenvalue weighted by molar-refractivity contribution is -0.128. The molecule has 4 rings (SSSR count). The molecule has 0 unspecified atom stereocenters. The van der Waals surface area contributed by atoms with Crippen LogP contribution in [0.15, 0.2) is 42.5 Å². The number of methoxy groups -OCH3 is 1. The second-order valence-electron chi connectivity index (χ2n) is 8.41. The second kappa shape index (κ2) is 8.99. The van der Waals surface area contributed by atoms with Crippen molar-refractivity contribution in [3.8, 4) is 5.75 Å². The number of rotatable bonds is 5. The van der Waals surface area contributed by atoms with Crippen molar-refractivity contribution in [2.45, 2.75) is 40.2 Å². The molecule has 2 heterocycles. The lowest BCUT2D eigenvalue weighted by Crippen LogP contribution is -2.32. The van der Waals surface area contributed by atoms with Gasteiger partial charge >= 0.3 is 0 Å². The van der Waals surface area contributed by atoms with Gasteiger partial charge in [0.1, 0.15) is 17.4 Å². The van der Waals surface area contributed by atoms with Crippen LogP contribution >= 0.6 is 0 Å². The monoisotopic (exact) mass is 430 g/mol. The average molecular weight is 431 g/mol. The Morgan fingerprint density at radius 2 is 2.00 bits per heavy atom. The van der Waals surface area contributed by atoms with E-state index in [2.05, 4.69) is 60.6 Å². The maximum absolute atomic E-state index is 11.7. The molecule has 32 heavy (non-hydrogen) atoms. The Labute approximate surface area is 189 Å². The first-order chi connectivity index (χ1) is 15.4. The third-order valence-corrected chi connectivity index (χ3v) is 6.02. The normalized spacial score (nSPS) is 14.8. The molecule has 1 aliphatic rings. The van der Waals surface area contributed by atoms with Crippen LogP contribution in [-0.2, 0) is 4.79 Å². The minimum atomic E-state index is 0.0935. The van der Waals surface area contributed by atoms with E-state index in [1.807, 2.05) is 17.9 Å².